The first-order chi connectivity index (χ1) is 4.64. The molecule has 1 rings (SSSR count). The van der Waals surface area contributed by atoms with Crippen molar-refractivity contribution in [2.24, 2.45) is 5.92 Å². The van der Waals surface area contributed by atoms with E-state index in [4.69, 9.17) is 5.11 Å². The van der Waals surface area contributed by atoms with Crippen LogP contribution in [-0.4, -0.2) is 27.3 Å². The first kappa shape index (κ1) is 8.75. The van der Waals surface area contributed by atoms with E-state index in [0.717, 1.165) is 11.5 Å². The number of thioether (sulfide) groups is 2. The fourth-order valence-electron chi connectivity index (χ4n) is 0.832. The molecule has 1 N–H and O–H groups in total. The molecule has 1 aliphatic heterocycles. The number of hydrogen-bond donors (Lipinski definition) is 1. The normalized spacial score (nSPS) is 26.7. The Labute approximate surface area is 71.0 Å². The third-order valence-electron chi connectivity index (χ3n) is 1.59. The molecule has 0 amide bonds. The van der Waals surface area contributed by atoms with Crippen molar-refractivity contribution in [1.82, 2.24) is 0 Å². The van der Waals surface area contributed by atoms with E-state index in [2.05, 4.69) is 13.8 Å². The molecule has 1 aliphatic rings. The van der Waals surface area contributed by atoms with Crippen molar-refractivity contribution in [3.63, 3.8) is 0 Å². The summed E-state index contributed by atoms with van der Waals surface area (Å²) in [5.74, 6) is 2.77. The molecule has 1 nitrogen and oxygen atoms in total. The van der Waals surface area contributed by atoms with Gasteiger partial charge >= 0.3 is 0 Å². The summed E-state index contributed by atoms with van der Waals surface area (Å²) in [7, 11) is 0. The molecule has 1 heterocycles. The smallest absolute Gasteiger partial charge is 0.0555 e. The van der Waals surface area contributed by atoms with Gasteiger partial charge in [0.2, 0.25) is 0 Å². The van der Waals surface area contributed by atoms with Gasteiger partial charge in [-0.15, -0.1) is 23.5 Å². The summed E-state index contributed by atoms with van der Waals surface area (Å²) >= 11 is 3.91. The number of aliphatic hydroxyl groups excluding tert-OH is 1. The van der Waals surface area contributed by atoms with E-state index in [1.807, 2.05) is 23.5 Å². The van der Waals surface area contributed by atoms with Crippen LogP contribution >= 0.6 is 23.5 Å². The predicted octanol–water partition coefficient (Wildman–Crippen LogP) is 1.81. The highest BCUT2D eigenvalue weighted by Crippen LogP contribution is 2.42. The quantitative estimate of drug-likeness (QED) is 0.661. The average molecular weight is 178 g/mol. The van der Waals surface area contributed by atoms with E-state index < -0.39 is 0 Å². The van der Waals surface area contributed by atoms with Crippen LogP contribution in [0.2, 0.25) is 0 Å². The molecule has 1 fully saturated rings. The molecule has 3 heteroatoms. The van der Waals surface area contributed by atoms with Gasteiger partial charge in [0.1, 0.15) is 0 Å². The van der Waals surface area contributed by atoms with Crippen molar-refractivity contribution < 1.29 is 5.11 Å². The molecule has 0 aromatic heterocycles. The van der Waals surface area contributed by atoms with Crippen LogP contribution in [0, 0.1) is 5.92 Å². The highest BCUT2D eigenvalue weighted by molar-refractivity contribution is 8.18. The van der Waals surface area contributed by atoms with Gasteiger partial charge in [0, 0.05) is 24.0 Å². The maximum atomic E-state index is 8.83. The molecule has 0 spiro atoms. The predicted molar refractivity (Wildman–Crippen MR) is 49.6 cm³/mol. The molecule has 0 aromatic rings. The standard InChI is InChI=1S/C7H14OS2/c1-7(2)9-4-6(3-8)5-10-7/h6,8H,3-5H2,1-2H3. The Morgan fingerprint density at radius 2 is 1.90 bits per heavy atom. The highest BCUT2D eigenvalue weighted by Gasteiger charge is 2.27. The Hall–Kier alpha value is 0.660. The van der Waals surface area contributed by atoms with Gasteiger partial charge in [-0.1, -0.05) is 0 Å². The van der Waals surface area contributed by atoms with Crippen LogP contribution in [0.3, 0.4) is 0 Å². The number of rotatable bonds is 1. The summed E-state index contributed by atoms with van der Waals surface area (Å²) in [6, 6.07) is 0. The molecular weight excluding hydrogens is 164 g/mol. The molecule has 0 atom stereocenters. The van der Waals surface area contributed by atoms with Crippen molar-refractivity contribution in [2.75, 3.05) is 18.1 Å². The van der Waals surface area contributed by atoms with Crippen molar-refractivity contribution in [1.29, 1.82) is 0 Å². The fourth-order valence-corrected chi connectivity index (χ4v) is 3.44. The summed E-state index contributed by atoms with van der Waals surface area (Å²) < 4.78 is 0.381. The van der Waals surface area contributed by atoms with Gasteiger partial charge in [0.15, 0.2) is 0 Å². The zero-order valence-corrected chi connectivity index (χ0v) is 8.10. The first-order valence-corrected chi connectivity index (χ1v) is 5.50. The van der Waals surface area contributed by atoms with Crippen LogP contribution in [-0.2, 0) is 0 Å². The summed E-state index contributed by atoms with van der Waals surface area (Å²) in [4.78, 5) is 0. The molecule has 1 saturated heterocycles. The third kappa shape index (κ3) is 2.36. The molecule has 10 heavy (non-hydrogen) atoms. The van der Waals surface area contributed by atoms with Gasteiger partial charge in [0.05, 0.1) is 4.08 Å². The Kier molecular flexibility index (Phi) is 2.95. The molecule has 0 aliphatic carbocycles. The van der Waals surface area contributed by atoms with E-state index in [1.54, 1.807) is 0 Å². The lowest BCUT2D eigenvalue weighted by atomic mass is 10.2. The van der Waals surface area contributed by atoms with Crippen LogP contribution in [0.5, 0.6) is 0 Å². The zero-order chi connectivity index (χ0) is 7.61. The maximum Gasteiger partial charge on any atom is 0.0555 e. The third-order valence-corrected chi connectivity index (χ3v) is 4.97. The molecule has 0 unspecified atom stereocenters. The lowest BCUT2D eigenvalue weighted by molar-refractivity contribution is 0.252. The minimum absolute atomic E-state index is 0.357. The van der Waals surface area contributed by atoms with Crippen LogP contribution in [0.25, 0.3) is 0 Å². The van der Waals surface area contributed by atoms with Gasteiger partial charge in [-0.25, -0.2) is 0 Å². The van der Waals surface area contributed by atoms with Gasteiger partial charge in [-0.3, -0.25) is 0 Å². The van der Waals surface area contributed by atoms with E-state index in [1.165, 1.54) is 0 Å². The lowest BCUT2D eigenvalue weighted by Crippen LogP contribution is -2.25. The molecule has 0 radical (unpaired) electrons. The Bertz CT molecular complexity index is 104. The van der Waals surface area contributed by atoms with E-state index in [9.17, 15) is 0 Å². The number of hydrogen-bond acceptors (Lipinski definition) is 3. The Morgan fingerprint density at radius 3 is 2.30 bits per heavy atom. The average Bonchev–Trinajstić information content (AvgIpc) is 1.88. The molecule has 0 bridgehead atoms. The van der Waals surface area contributed by atoms with Crippen molar-refractivity contribution in [3.8, 4) is 0 Å². The van der Waals surface area contributed by atoms with Gasteiger partial charge in [0.25, 0.3) is 0 Å². The van der Waals surface area contributed by atoms with Crippen LogP contribution in [0.1, 0.15) is 13.8 Å². The van der Waals surface area contributed by atoms with Crippen LogP contribution in [0.4, 0.5) is 0 Å². The topological polar surface area (TPSA) is 20.2 Å². The van der Waals surface area contributed by atoms with Crippen molar-refractivity contribution in [2.45, 2.75) is 17.9 Å². The monoisotopic (exact) mass is 178 g/mol. The summed E-state index contributed by atoms with van der Waals surface area (Å²) in [5, 5.41) is 8.83. The fraction of sp³-hybridized carbons (Fsp3) is 1.00. The minimum Gasteiger partial charge on any atom is -0.396 e. The maximum absolute atomic E-state index is 8.83. The SMILES string of the molecule is CC1(C)SCC(CO)CS1. The van der Waals surface area contributed by atoms with E-state index in [0.29, 0.717) is 16.6 Å². The molecular formula is C7H14OS2. The Balaban J connectivity index is 2.31. The summed E-state index contributed by atoms with van der Waals surface area (Å²) in [5.41, 5.74) is 0. The van der Waals surface area contributed by atoms with Crippen LogP contribution < -0.4 is 0 Å². The van der Waals surface area contributed by atoms with Crippen molar-refractivity contribution in [3.05, 3.63) is 0 Å². The van der Waals surface area contributed by atoms with E-state index >= 15 is 0 Å². The summed E-state index contributed by atoms with van der Waals surface area (Å²) in [6.07, 6.45) is 0. The van der Waals surface area contributed by atoms with Gasteiger partial charge in [-0.2, -0.15) is 0 Å². The Morgan fingerprint density at radius 1 is 1.40 bits per heavy atom. The van der Waals surface area contributed by atoms with Crippen molar-refractivity contribution >= 4 is 23.5 Å². The second-order valence-electron chi connectivity index (χ2n) is 3.07. The zero-order valence-electron chi connectivity index (χ0n) is 6.46. The lowest BCUT2D eigenvalue weighted by Gasteiger charge is -2.32. The molecule has 60 valence electrons. The molecule has 0 aromatic carbocycles. The van der Waals surface area contributed by atoms with Gasteiger partial charge in [-0.05, 0) is 13.8 Å². The summed E-state index contributed by atoms with van der Waals surface area (Å²) in [6.45, 7) is 4.85. The van der Waals surface area contributed by atoms with E-state index in [-0.39, 0.29) is 0 Å². The largest absolute Gasteiger partial charge is 0.396 e. The highest BCUT2D eigenvalue weighted by atomic mass is 32.2. The second-order valence-corrected chi connectivity index (χ2v) is 6.61. The minimum atomic E-state index is 0.357. The van der Waals surface area contributed by atoms with Gasteiger partial charge < -0.3 is 5.11 Å². The number of aliphatic hydroxyl groups is 1. The second kappa shape index (κ2) is 3.37. The first-order valence-electron chi connectivity index (χ1n) is 3.53. The van der Waals surface area contributed by atoms with Crippen LogP contribution in [0.15, 0.2) is 0 Å². The molecule has 0 saturated carbocycles.